The van der Waals surface area contributed by atoms with Crippen LogP contribution >= 0.6 is 0 Å². The maximum Gasteiger partial charge on any atom is 0.0704 e. The second-order valence-corrected chi connectivity index (χ2v) is 6.05. The van der Waals surface area contributed by atoms with Crippen molar-refractivity contribution in [2.75, 3.05) is 26.4 Å². The number of nitrogens with one attached hydrogen (secondary N) is 1. The normalized spacial score (nSPS) is 24.0. The van der Waals surface area contributed by atoms with Gasteiger partial charge < -0.3 is 14.8 Å². The lowest BCUT2D eigenvalue weighted by molar-refractivity contribution is -0.0141. The summed E-state index contributed by atoms with van der Waals surface area (Å²) in [6.07, 6.45) is 7.81. The molecule has 19 heavy (non-hydrogen) atoms. The van der Waals surface area contributed by atoms with Gasteiger partial charge in [0.1, 0.15) is 0 Å². The minimum atomic E-state index is 0.467. The smallest absolute Gasteiger partial charge is 0.0704 e. The molecule has 1 aliphatic carbocycles. The monoisotopic (exact) mass is 271 g/mol. The standard InChI is InChI=1S/C16H33NO2/c1-4-17-15-7-9-16(10-8-15)19-13-12-18-11-5-6-14(2)3/h14-17H,4-13H2,1-3H3. The molecule has 0 aromatic heterocycles. The van der Waals surface area contributed by atoms with Crippen molar-refractivity contribution in [1.82, 2.24) is 5.32 Å². The van der Waals surface area contributed by atoms with Gasteiger partial charge in [0.15, 0.2) is 0 Å². The van der Waals surface area contributed by atoms with Crippen LogP contribution in [0, 0.1) is 5.92 Å². The van der Waals surface area contributed by atoms with Gasteiger partial charge in [-0.05, 0) is 51.0 Å². The van der Waals surface area contributed by atoms with Crippen LogP contribution in [0.3, 0.4) is 0 Å². The molecule has 114 valence electrons. The molecule has 0 heterocycles. The Hall–Kier alpha value is -0.120. The molecule has 1 rings (SSSR count). The minimum absolute atomic E-state index is 0.467. The molecular formula is C16H33NO2. The molecule has 0 bridgehead atoms. The van der Waals surface area contributed by atoms with E-state index in [1.165, 1.54) is 38.5 Å². The summed E-state index contributed by atoms with van der Waals surface area (Å²) < 4.78 is 11.5. The van der Waals surface area contributed by atoms with Crippen molar-refractivity contribution in [3.63, 3.8) is 0 Å². The van der Waals surface area contributed by atoms with E-state index in [9.17, 15) is 0 Å². The average molecular weight is 271 g/mol. The fourth-order valence-electron chi connectivity index (χ4n) is 2.69. The van der Waals surface area contributed by atoms with Gasteiger partial charge in [0, 0.05) is 12.6 Å². The highest BCUT2D eigenvalue weighted by atomic mass is 16.5. The van der Waals surface area contributed by atoms with Gasteiger partial charge in [-0.2, -0.15) is 0 Å². The van der Waals surface area contributed by atoms with Crippen LogP contribution in [0.15, 0.2) is 0 Å². The van der Waals surface area contributed by atoms with E-state index in [0.29, 0.717) is 6.10 Å². The summed E-state index contributed by atoms with van der Waals surface area (Å²) in [5.74, 6) is 0.784. The van der Waals surface area contributed by atoms with Crippen molar-refractivity contribution < 1.29 is 9.47 Å². The zero-order chi connectivity index (χ0) is 13.9. The highest BCUT2D eigenvalue weighted by Crippen LogP contribution is 2.21. The van der Waals surface area contributed by atoms with Crippen LogP contribution in [-0.4, -0.2) is 38.5 Å². The molecule has 0 spiro atoms. The van der Waals surface area contributed by atoms with E-state index in [-0.39, 0.29) is 0 Å². The predicted octanol–water partition coefficient (Wildman–Crippen LogP) is 3.38. The molecule has 1 aliphatic rings. The summed E-state index contributed by atoms with van der Waals surface area (Å²) in [6.45, 7) is 10.2. The largest absolute Gasteiger partial charge is 0.379 e. The second kappa shape index (κ2) is 10.6. The topological polar surface area (TPSA) is 30.5 Å². The lowest BCUT2D eigenvalue weighted by atomic mass is 9.93. The lowest BCUT2D eigenvalue weighted by Gasteiger charge is -2.28. The van der Waals surface area contributed by atoms with E-state index in [4.69, 9.17) is 9.47 Å². The third-order valence-corrected chi connectivity index (χ3v) is 3.82. The van der Waals surface area contributed by atoms with Crippen molar-refractivity contribution in [1.29, 1.82) is 0 Å². The summed E-state index contributed by atoms with van der Waals surface area (Å²) >= 11 is 0. The first-order valence-corrected chi connectivity index (χ1v) is 8.15. The Morgan fingerprint density at radius 2 is 1.79 bits per heavy atom. The Labute approximate surface area is 119 Å². The predicted molar refractivity (Wildman–Crippen MR) is 80.6 cm³/mol. The van der Waals surface area contributed by atoms with Gasteiger partial charge >= 0.3 is 0 Å². The maximum atomic E-state index is 5.88. The van der Waals surface area contributed by atoms with E-state index < -0.39 is 0 Å². The Morgan fingerprint density at radius 3 is 2.42 bits per heavy atom. The Bertz CT molecular complexity index is 201. The molecule has 0 aromatic carbocycles. The number of hydrogen-bond donors (Lipinski definition) is 1. The quantitative estimate of drug-likeness (QED) is 0.618. The minimum Gasteiger partial charge on any atom is -0.379 e. The molecule has 1 N–H and O–H groups in total. The van der Waals surface area contributed by atoms with Crippen LogP contribution in [-0.2, 0) is 9.47 Å². The van der Waals surface area contributed by atoms with Crippen LogP contribution < -0.4 is 5.32 Å². The highest BCUT2D eigenvalue weighted by Gasteiger charge is 2.20. The van der Waals surface area contributed by atoms with Gasteiger partial charge in [-0.1, -0.05) is 20.8 Å². The van der Waals surface area contributed by atoms with Crippen LogP contribution in [0.4, 0.5) is 0 Å². The fourth-order valence-corrected chi connectivity index (χ4v) is 2.69. The molecule has 0 atom stereocenters. The van der Waals surface area contributed by atoms with Crippen molar-refractivity contribution in [2.45, 2.75) is 71.4 Å². The SMILES string of the molecule is CCNC1CCC(OCCOCCCC(C)C)CC1. The summed E-state index contributed by atoms with van der Waals surface area (Å²) in [4.78, 5) is 0. The first-order valence-electron chi connectivity index (χ1n) is 8.15. The maximum absolute atomic E-state index is 5.88. The molecule has 3 heteroatoms. The van der Waals surface area contributed by atoms with E-state index >= 15 is 0 Å². The summed E-state index contributed by atoms with van der Waals surface area (Å²) in [7, 11) is 0. The molecule has 0 saturated heterocycles. The molecule has 3 nitrogen and oxygen atoms in total. The van der Waals surface area contributed by atoms with E-state index in [0.717, 1.165) is 38.3 Å². The van der Waals surface area contributed by atoms with Crippen molar-refractivity contribution in [3.8, 4) is 0 Å². The first kappa shape index (κ1) is 16.9. The van der Waals surface area contributed by atoms with Gasteiger partial charge in [0.25, 0.3) is 0 Å². The second-order valence-electron chi connectivity index (χ2n) is 6.05. The van der Waals surface area contributed by atoms with E-state index in [1.54, 1.807) is 0 Å². The molecule has 0 aliphatic heterocycles. The van der Waals surface area contributed by atoms with Crippen molar-refractivity contribution >= 4 is 0 Å². The van der Waals surface area contributed by atoms with E-state index in [2.05, 4.69) is 26.1 Å². The Morgan fingerprint density at radius 1 is 1.05 bits per heavy atom. The average Bonchev–Trinajstić information content (AvgIpc) is 2.39. The zero-order valence-electron chi connectivity index (χ0n) is 13.1. The Kier molecular flexibility index (Phi) is 9.48. The first-order chi connectivity index (χ1) is 9.22. The van der Waals surface area contributed by atoms with Gasteiger partial charge in [-0.15, -0.1) is 0 Å². The summed E-state index contributed by atoms with van der Waals surface area (Å²) in [5.41, 5.74) is 0. The van der Waals surface area contributed by atoms with Crippen molar-refractivity contribution in [3.05, 3.63) is 0 Å². The van der Waals surface area contributed by atoms with Crippen molar-refractivity contribution in [2.24, 2.45) is 5.92 Å². The lowest BCUT2D eigenvalue weighted by Crippen LogP contribution is -2.35. The summed E-state index contributed by atoms with van der Waals surface area (Å²) in [5, 5.41) is 3.52. The van der Waals surface area contributed by atoms with Crippen LogP contribution in [0.1, 0.15) is 59.3 Å². The molecular weight excluding hydrogens is 238 g/mol. The van der Waals surface area contributed by atoms with Gasteiger partial charge in [0.05, 0.1) is 19.3 Å². The zero-order valence-corrected chi connectivity index (χ0v) is 13.1. The molecule has 0 aromatic rings. The summed E-state index contributed by atoms with van der Waals surface area (Å²) in [6, 6.07) is 0.720. The molecule has 1 fully saturated rings. The molecule has 1 saturated carbocycles. The van der Waals surface area contributed by atoms with Gasteiger partial charge in [-0.3, -0.25) is 0 Å². The third kappa shape index (κ3) is 8.61. The number of ether oxygens (including phenoxy) is 2. The fraction of sp³-hybridized carbons (Fsp3) is 1.00. The molecule has 0 unspecified atom stereocenters. The molecule has 0 amide bonds. The number of rotatable bonds is 10. The van der Waals surface area contributed by atoms with Gasteiger partial charge in [-0.25, -0.2) is 0 Å². The van der Waals surface area contributed by atoms with Crippen LogP contribution in [0.25, 0.3) is 0 Å². The van der Waals surface area contributed by atoms with E-state index in [1.807, 2.05) is 0 Å². The van der Waals surface area contributed by atoms with Gasteiger partial charge in [0.2, 0.25) is 0 Å². The molecule has 0 radical (unpaired) electrons. The van der Waals surface area contributed by atoms with Crippen LogP contribution in [0.5, 0.6) is 0 Å². The highest BCUT2D eigenvalue weighted by molar-refractivity contribution is 4.76. The van der Waals surface area contributed by atoms with Crippen LogP contribution in [0.2, 0.25) is 0 Å². The Balaban J connectivity index is 1.88. The third-order valence-electron chi connectivity index (χ3n) is 3.82. The number of hydrogen-bond acceptors (Lipinski definition) is 3.